The molecule has 2 nitrogen and oxygen atoms in total. The quantitative estimate of drug-likeness (QED) is 0.881. The monoisotopic (exact) mass is 262 g/mol. The minimum Gasteiger partial charge on any atom is -0.494 e. The van der Waals surface area contributed by atoms with Gasteiger partial charge in [0.25, 0.3) is 0 Å². The van der Waals surface area contributed by atoms with E-state index >= 15 is 0 Å². The van der Waals surface area contributed by atoms with E-state index < -0.39 is 0 Å². The maximum atomic E-state index is 10.6. The molecule has 2 rings (SSSR count). The van der Waals surface area contributed by atoms with E-state index in [0.29, 0.717) is 18.4 Å². The summed E-state index contributed by atoms with van der Waals surface area (Å²) in [7, 11) is 0. The van der Waals surface area contributed by atoms with Crippen LogP contribution in [-0.2, 0) is 0 Å². The molecule has 1 N–H and O–H groups in total. The molecule has 2 heteroatoms. The molecule has 0 spiro atoms. The molecule has 0 aliphatic heterocycles. The summed E-state index contributed by atoms with van der Waals surface area (Å²) in [6.45, 7) is 7.27. The number of benzene rings is 1. The van der Waals surface area contributed by atoms with Crippen molar-refractivity contribution >= 4 is 0 Å². The minimum atomic E-state index is -0.352. The lowest BCUT2D eigenvalue weighted by atomic mass is 9.73. The fourth-order valence-corrected chi connectivity index (χ4v) is 3.10. The average Bonchev–Trinajstić information content (AvgIpc) is 2.42. The van der Waals surface area contributed by atoms with E-state index in [1.54, 1.807) is 0 Å². The van der Waals surface area contributed by atoms with Gasteiger partial charge in [-0.05, 0) is 55.2 Å². The third-order valence-electron chi connectivity index (χ3n) is 4.60. The summed E-state index contributed by atoms with van der Waals surface area (Å²) in [6, 6.07) is 7.91. The van der Waals surface area contributed by atoms with Crippen LogP contribution in [0, 0.1) is 17.8 Å². The first-order valence-electron chi connectivity index (χ1n) is 7.52. The van der Waals surface area contributed by atoms with E-state index in [-0.39, 0.29) is 6.10 Å². The van der Waals surface area contributed by atoms with Crippen molar-refractivity contribution in [2.45, 2.75) is 46.1 Å². The highest BCUT2D eigenvalue weighted by Gasteiger charge is 2.30. The van der Waals surface area contributed by atoms with Crippen LogP contribution in [0.3, 0.4) is 0 Å². The van der Waals surface area contributed by atoms with Gasteiger partial charge < -0.3 is 9.84 Å². The van der Waals surface area contributed by atoms with Crippen molar-refractivity contribution in [3.05, 3.63) is 29.8 Å². The lowest BCUT2D eigenvalue weighted by Gasteiger charge is -2.34. The molecule has 4 atom stereocenters. The summed E-state index contributed by atoms with van der Waals surface area (Å²) < 4.78 is 5.51. The second-order valence-electron chi connectivity index (χ2n) is 5.98. The second-order valence-corrected chi connectivity index (χ2v) is 5.98. The molecule has 1 aromatic carbocycles. The molecule has 4 unspecified atom stereocenters. The normalized spacial score (nSPS) is 28.9. The molecular formula is C17H26O2. The average molecular weight is 262 g/mol. The van der Waals surface area contributed by atoms with Crippen molar-refractivity contribution in [2.75, 3.05) is 6.61 Å². The van der Waals surface area contributed by atoms with Gasteiger partial charge in [0.2, 0.25) is 0 Å². The molecule has 106 valence electrons. The Hall–Kier alpha value is -1.02. The van der Waals surface area contributed by atoms with Crippen molar-refractivity contribution in [3.8, 4) is 5.75 Å². The van der Waals surface area contributed by atoms with Crippen LogP contribution in [0.2, 0.25) is 0 Å². The van der Waals surface area contributed by atoms with Crippen LogP contribution < -0.4 is 4.74 Å². The topological polar surface area (TPSA) is 29.5 Å². The van der Waals surface area contributed by atoms with Gasteiger partial charge in [-0.15, -0.1) is 0 Å². The zero-order chi connectivity index (χ0) is 13.8. The Balaban J connectivity index is 2.06. The maximum Gasteiger partial charge on any atom is 0.119 e. The number of hydrogen-bond acceptors (Lipinski definition) is 2. The van der Waals surface area contributed by atoms with Gasteiger partial charge in [-0.1, -0.05) is 32.4 Å². The fraction of sp³-hybridized carbons (Fsp3) is 0.647. The van der Waals surface area contributed by atoms with Crippen LogP contribution in [-0.4, -0.2) is 11.7 Å². The SMILES string of the molecule is CCOc1cccc(C(O)C2CCC(C)C(C)C2)c1. The van der Waals surface area contributed by atoms with Crippen molar-refractivity contribution in [2.24, 2.45) is 17.8 Å². The van der Waals surface area contributed by atoms with E-state index in [2.05, 4.69) is 13.8 Å². The molecule has 19 heavy (non-hydrogen) atoms. The Morgan fingerprint density at radius 3 is 2.74 bits per heavy atom. The molecule has 1 fully saturated rings. The molecular weight excluding hydrogens is 236 g/mol. The number of rotatable bonds is 4. The van der Waals surface area contributed by atoms with Crippen LogP contribution in [0.1, 0.15) is 51.7 Å². The summed E-state index contributed by atoms with van der Waals surface area (Å²) in [5.41, 5.74) is 0.998. The van der Waals surface area contributed by atoms with Crippen molar-refractivity contribution < 1.29 is 9.84 Å². The molecule has 0 saturated heterocycles. The Bertz CT molecular complexity index is 402. The summed E-state index contributed by atoms with van der Waals surface area (Å²) >= 11 is 0. The van der Waals surface area contributed by atoms with Crippen molar-refractivity contribution in [1.82, 2.24) is 0 Å². The molecule has 1 aromatic rings. The largest absolute Gasteiger partial charge is 0.494 e. The van der Waals surface area contributed by atoms with Gasteiger partial charge in [0.05, 0.1) is 12.7 Å². The zero-order valence-electron chi connectivity index (χ0n) is 12.3. The van der Waals surface area contributed by atoms with Crippen molar-refractivity contribution in [3.63, 3.8) is 0 Å². The van der Waals surface area contributed by atoms with Gasteiger partial charge in [-0.2, -0.15) is 0 Å². The number of aliphatic hydroxyl groups excluding tert-OH is 1. The van der Waals surface area contributed by atoms with E-state index in [1.165, 1.54) is 6.42 Å². The third kappa shape index (κ3) is 3.50. The predicted molar refractivity (Wildman–Crippen MR) is 78.2 cm³/mol. The van der Waals surface area contributed by atoms with E-state index in [9.17, 15) is 5.11 Å². The highest BCUT2D eigenvalue weighted by atomic mass is 16.5. The number of ether oxygens (including phenoxy) is 1. The molecule has 0 bridgehead atoms. The molecule has 1 aliphatic rings. The van der Waals surface area contributed by atoms with E-state index in [1.807, 2.05) is 31.2 Å². The van der Waals surface area contributed by atoms with E-state index in [4.69, 9.17) is 4.74 Å². The van der Waals surface area contributed by atoms with E-state index in [0.717, 1.165) is 30.1 Å². The number of hydrogen-bond donors (Lipinski definition) is 1. The molecule has 0 amide bonds. The predicted octanol–water partition coefficient (Wildman–Crippen LogP) is 4.19. The van der Waals surface area contributed by atoms with Crippen LogP contribution in [0.25, 0.3) is 0 Å². The molecule has 1 aliphatic carbocycles. The molecule has 0 radical (unpaired) electrons. The minimum absolute atomic E-state index is 0.352. The Morgan fingerprint density at radius 1 is 1.26 bits per heavy atom. The number of aliphatic hydroxyl groups is 1. The zero-order valence-corrected chi connectivity index (χ0v) is 12.3. The highest BCUT2D eigenvalue weighted by molar-refractivity contribution is 5.30. The summed E-state index contributed by atoms with van der Waals surface area (Å²) in [5.74, 6) is 2.75. The van der Waals surface area contributed by atoms with Crippen LogP contribution >= 0.6 is 0 Å². The summed E-state index contributed by atoms with van der Waals surface area (Å²) in [5, 5.41) is 10.6. The van der Waals surface area contributed by atoms with Gasteiger partial charge in [0.15, 0.2) is 0 Å². The Labute approximate surface area is 116 Å². The Morgan fingerprint density at radius 2 is 2.05 bits per heavy atom. The third-order valence-corrected chi connectivity index (χ3v) is 4.60. The Kier molecular flexibility index (Phi) is 4.87. The van der Waals surface area contributed by atoms with Gasteiger partial charge in [-0.25, -0.2) is 0 Å². The van der Waals surface area contributed by atoms with Crippen LogP contribution in [0.5, 0.6) is 5.75 Å². The maximum absolute atomic E-state index is 10.6. The fourth-order valence-electron chi connectivity index (χ4n) is 3.10. The first-order valence-corrected chi connectivity index (χ1v) is 7.52. The van der Waals surface area contributed by atoms with Crippen molar-refractivity contribution in [1.29, 1.82) is 0 Å². The molecule has 1 saturated carbocycles. The lowest BCUT2D eigenvalue weighted by molar-refractivity contribution is 0.0559. The van der Waals surface area contributed by atoms with Crippen LogP contribution in [0.15, 0.2) is 24.3 Å². The summed E-state index contributed by atoms with van der Waals surface area (Å²) in [4.78, 5) is 0. The van der Waals surface area contributed by atoms with Crippen LogP contribution in [0.4, 0.5) is 0 Å². The van der Waals surface area contributed by atoms with Gasteiger partial charge >= 0.3 is 0 Å². The summed E-state index contributed by atoms with van der Waals surface area (Å²) in [6.07, 6.45) is 3.14. The molecule has 0 aromatic heterocycles. The standard InChI is InChI=1S/C17H26O2/c1-4-19-16-7-5-6-14(11-16)17(18)15-9-8-12(2)13(3)10-15/h5-7,11-13,15,17-18H,4,8-10H2,1-3H3. The highest BCUT2D eigenvalue weighted by Crippen LogP contribution is 2.40. The first-order chi connectivity index (χ1) is 9.11. The molecule has 0 heterocycles. The van der Waals surface area contributed by atoms with Gasteiger partial charge in [-0.3, -0.25) is 0 Å². The first kappa shape index (κ1) is 14.4. The smallest absolute Gasteiger partial charge is 0.119 e. The second kappa shape index (κ2) is 6.42. The lowest BCUT2D eigenvalue weighted by Crippen LogP contribution is -2.25. The van der Waals surface area contributed by atoms with Gasteiger partial charge in [0, 0.05) is 0 Å². The van der Waals surface area contributed by atoms with Gasteiger partial charge in [0.1, 0.15) is 5.75 Å².